The number of fused-ring (bicyclic) bond motifs is 2. The van der Waals surface area contributed by atoms with Gasteiger partial charge in [-0.2, -0.15) is 0 Å². The minimum Gasteiger partial charge on any atom is -0.450 e. The van der Waals surface area contributed by atoms with Crippen LogP contribution in [0, 0.1) is 0 Å². The van der Waals surface area contributed by atoms with E-state index in [4.69, 9.17) is 4.42 Å². The van der Waals surface area contributed by atoms with Crippen molar-refractivity contribution in [2.24, 2.45) is 0 Å². The standard InChI is InChI=1S/C24H18N2O3S/c1-30-17-10-8-16(9-11-17)21-20-22(27)18-6-2-3-7-19(18)29-23(20)24(28)26(21)14-15-5-4-12-25-13-15/h2-13,21H,14H2,1H3/t21-/m1/s1. The van der Waals surface area contributed by atoms with Gasteiger partial charge in [0.25, 0.3) is 5.91 Å². The number of amides is 1. The Morgan fingerprint density at radius 3 is 2.57 bits per heavy atom. The summed E-state index contributed by atoms with van der Waals surface area (Å²) in [5.41, 5.74) is 2.44. The van der Waals surface area contributed by atoms with Crippen LogP contribution in [0.4, 0.5) is 0 Å². The molecule has 5 nitrogen and oxygen atoms in total. The fourth-order valence-electron chi connectivity index (χ4n) is 3.95. The molecule has 148 valence electrons. The van der Waals surface area contributed by atoms with Gasteiger partial charge in [0, 0.05) is 23.8 Å². The first kappa shape index (κ1) is 18.6. The Kier molecular flexibility index (Phi) is 4.64. The second kappa shape index (κ2) is 7.46. The summed E-state index contributed by atoms with van der Waals surface area (Å²) in [6.07, 6.45) is 5.44. The lowest BCUT2D eigenvalue weighted by Crippen LogP contribution is -2.29. The number of hydrogen-bond acceptors (Lipinski definition) is 5. The fourth-order valence-corrected chi connectivity index (χ4v) is 4.36. The van der Waals surface area contributed by atoms with Crippen LogP contribution in [0.25, 0.3) is 11.0 Å². The Morgan fingerprint density at radius 1 is 1.03 bits per heavy atom. The predicted octanol–water partition coefficient (Wildman–Crippen LogP) is 4.66. The molecule has 6 heteroatoms. The maximum atomic E-state index is 13.4. The van der Waals surface area contributed by atoms with E-state index in [0.717, 1.165) is 16.0 Å². The largest absolute Gasteiger partial charge is 0.450 e. The molecule has 1 atom stereocenters. The van der Waals surface area contributed by atoms with Gasteiger partial charge in [-0.1, -0.05) is 30.3 Å². The van der Waals surface area contributed by atoms with E-state index in [2.05, 4.69) is 4.98 Å². The van der Waals surface area contributed by atoms with Gasteiger partial charge in [-0.3, -0.25) is 14.6 Å². The monoisotopic (exact) mass is 414 g/mol. The molecule has 0 radical (unpaired) electrons. The number of benzene rings is 2. The fraction of sp³-hybridized carbons (Fsp3) is 0.125. The SMILES string of the molecule is CSc1ccc([C@@H]2c3c(oc4ccccc4c3=O)C(=O)N2Cc2cccnc2)cc1. The van der Waals surface area contributed by atoms with E-state index in [-0.39, 0.29) is 17.1 Å². The van der Waals surface area contributed by atoms with Gasteiger partial charge in [0.1, 0.15) is 5.58 Å². The average Bonchev–Trinajstić information content (AvgIpc) is 3.06. The second-order valence-electron chi connectivity index (χ2n) is 7.14. The third-order valence-corrected chi connectivity index (χ3v) is 6.12. The summed E-state index contributed by atoms with van der Waals surface area (Å²) < 4.78 is 5.95. The van der Waals surface area contributed by atoms with E-state index in [1.807, 2.05) is 42.7 Å². The van der Waals surface area contributed by atoms with E-state index >= 15 is 0 Å². The Balaban J connectivity index is 1.71. The molecule has 5 rings (SSSR count). The second-order valence-corrected chi connectivity index (χ2v) is 8.02. The van der Waals surface area contributed by atoms with Crippen LogP contribution in [-0.2, 0) is 6.54 Å². The number of pyridine rings is 1. The van der Waals surface area contributed by atoms with Crippen molar-refractivity contribution in [2.45, 2.75) is 17.5 Å². The maximum absolute atomic E-state index is 13.4. The van der Waals surface area contributed by atoms with Gasteiger partial charge in [-0.15, -0.1) is 11.8 Å². The van der Waals surface area contributed by atoms with Gasteiger partial charge < -0.3 is 9.32 Å². The van der Waals surface area contributed by atoms with Gasteiger partial charge in [0.2, 0.25) is 5.76 Å². The highest BCUT2D eigenvalue weighted by Gasteiger charge is 2.42. The normalized spacial score (nSPS) is 15.6. The highest BCUT2D eigenvalue weighted by atomic mass is 32.2. The minimum atomic E-state index is -0.510. The summed E-state index contributed by atoms with van der Waals surface area (Å²) in [6, 6.07) is 18.3. The van der Waals surface area contributed by atoms with Crippen molar-refractivity contribution in [2.75, 3.05) is 6.26 Å². The van der Waals surface area contributed by atoms with Crippen molar-refractivity contribution in [3.8, 4) is 0 Å². The number of rotatable bonds is 4. The van der Waals surface area contributed by atoms with Gasteiger partial charge in [0.15, 0.2) is 5.43 Å². The van der Waals surface area contributed by atoms with Gasteiger partial charge in [0.05, 0.1) is 17.0 Å². The maximum Gasteiger partial charge on any atom is 0.291 e. The molecular weight excluding hydrogens is 396 g/mol. The zero-order chi connectivity index (χ0) is 20.7. The molecule has 4 aromatic rings. The van der Waals surface area contributed by atoms with E-state index in [1.54, 1.807) is 53.3 Å². The Morgan fingerprint density at radius 2 is 1.83 bits per heavy atom. The van der Waals surface area contributed by atoms with Crippen LogP contribution in [0.2, 0.25) is 0 Å². The Labute approximate surface area is 177 Å². The highest BCUT2D eigenvalue weighted by molar-refractivity contribution is 7.98. The molecule has 0 spiro atoms. The molecule has 0 N–H and O–H groups in total. The van der Waals surface area contributed by atoms with Crippen LogP contribution in [-0.4, -0.2) is 22.0 Å². The van der Waals surface area contributed by atoms with Crippen LogP contribution in [0.5, 0.6) is 0 Å². The first-order valence-corrected chi connectivity index (χ1v) is 10.8. The highest BCUT2D eigenvalue weighted by Crippen LogP contribution is 2.39. The van der Waals surface area contributed by atoms with Crippen LogP contribution in [0.3, 0.4) is 0 Å². The first-order valence-electron chi connectivity index (χ1n) is 9.57. The lowest BCUT2D eigenvalue weighted by atomic mass is 9.98. The van der Waals surface area contributed by atoms with E-state index in [1.165, 1.54) is 0 Å². The number of carbonyl (C=O) groups is 1. The molecule has 0 fully saturated rings. The van der Waals surface area contributed by atoms with E-state index in [0.29, 0.717) is 23.1 Å². The quantitative estimate of drug-likeness (QED) is 0.455. The van der Waals surface area contributed by atoms with E-state index < -0.39 is 6.04 Å². The van der Waals surface area contributed by atoms with Crippen molar-refractivity contribution in [1.29, 1.82) is 0 Å². The van der Waals surface area contributed by atoms with Crippen molar-refractivity contribution < 1.29 is 9.21 Å². The third kappa shape index (κ3) is 3.00. The van der Waals surface area contributed by atoms with Crippen LogP contribution in [0.15, 0.2) is 87.2 Å². The summed E-state index contributed by atoms with van der Waals surface area (Å²) in [5, 5.41) is 0.484. The summed E-state index contributed by atoms with van der Waals surface area (Å²) >= 11 is 1.65. The lowest BCUT2D eigenvalue weighted by molar-refractivity contribution is 0.0714. The molecule has 1 aliphatic rings. The number of carbonyl (C=O) groups excluding carboxylic acids is 1. The molecule has 2 aromatic carbocycles. The predicted molar refractivity (Wildman–Crippen MR) is 117 cm³/mol. The number of aromatic nitrogens is 1. The molecule has 3 heterocycles. The van der Waals surface area contributed by atoms with Gasteiger partial charge >= 0.3 is 0 Å². The van der Waals surface area contributed by atoms with Gasteiger partial charge in [-0.05, 0) is 47.7 Å². The molecule has 30 heavy (non-hydrogen) atoms. The van der Waals surface area contributed by atoms with Crippen LogP contribution in [0.1, 0.15) is 33.3 Å². The van der Waals surface area contributed by atoms with Crippen molar-refractivity contribution in [1.82, 2.24) is 9.88 Å². The van der Waals surface area contributed by atoms with Crippen LogP contribution < -0.4 is 5.43 Å². The van der Waals surface area contributed by atoms with Crippen molar-refractivity contribution in [3.63, 3.8) is 0 Å². The summed E-state index contributed by atoms with van der Waals surface area (Å²) in [6.45, 7) is 0.335. The molecule has 0 saturated heterocycles. The lowest BCUT2D eigenvalue weighted by Gasteiger charge is -2.25. The third-order valence-electron chi connectivity index (χ3n) is 5.38. The zero-order valence-electron chi connectivity index (χ0n) is 16.2. The molecule has 1 aliphatic heterocycles. The Bertz CT molecular complexity index is 1300. The summed E-state index contributed by atoms with van der Waals surface area (Å²) in [7, 11) is 0. The van der Waals surface area contributed by atoms with Crippen LogP contribution >= 0.6 is 11.8 Å². The topological polar surface area (TPSA) is 63.4 Å². The van der Waals surface area contributed by atoms with Gasteiger partial charge in [-0.25, -0.2) is 0 Å². The van der Waals surface area contributed by atoms with Crippen molar-refractivity contribution >= 4 is 28.6 Å². The molecule has 0 saturated carbocycles. The number of hydrogen-bond donors (Lipinski definition) is 0. The Hall–Kier alpha value is -3.38. The number of thioether (sulfide) groups is 1. The molecule has 0 aliphatic carbocycles. The molecule has 0 unspecified atom stereocenters. The molecule has 0 bridgehead atoms. The smallest absolute Gasteiger partial charge is 0.291 e. The molecule has 2 aromatic heterocycles. The average molecular weight is 414 g/mol. The summed E-state index contributed by atoms with van der Waals surface area (Å²) in [5.74, 6) is -0.155. The van der Waals surface area contributed by atoms with E-state index in [9.17, 15) is 9.59 Å². The first-order chi connectivity index (χ1) is 14.7. The zero-order valence-corrected chi connectivity index (χ0v) is 17.1. The summed E-state index contributed by atoms with van der Waals surface area (Å²) in [4.78, 5) is 33.8. The number of para-hydroxylation sites is 1. The minimum absolute atomic E-state index is 0.126. The molecular formula is C24H18N2O3S. The number of nitrogens with zero attached hydrogens (tertiary/aromatic N) is 2. The molecule has 1 amide bonds. The van der Waals surface area contributed by atoms with Crippen molar-refractivity contribution in [3.05, 3.63) is 106 Å².